The number of alkyl halides is 2. The third kappa shape index (κ3) is 4.61. The predicted molar refractivity (Wildman–Crippen MR) is 72.8 cm³/mol. The highest BCUT2D eigenvalue weighted by Gasteiger charge is 2.25. The molecule has 6 heteroatoms. The summed E-state index contributed by atoms with van der Waals surface area (Å²) < 4.78 is 41.9. The Kier molecular flexibility index (Phi) is 5.47. The SMILES string of the molecule is CC(O)CC1CCCN1Cc1ccc(OC(F)F)c(F)c1. The number of benzene rings is 1. The zero-order valence-electron chi connectivity index (χ0n) is 11.9. The molecule has 1 saturated heterocycles. The summed E-state index contributed by atoms with van der Waals surface area (Å²) in [5.41, 5.74) is 0.714. The highest BCUT2D eigenvalue weighted by molar-refractivity contribution is 5.29. The van der Waals surface area contributed by atoms with Crippen molar-refractivity contribution in [2.45, 2.75) is 51.5 Å². The molecule has 0 amide bonds. The molecule has 2 unspecified atom stereocenters. The van der Waals surface area contributed by atoms with Gasteiger partial charge in [-0.1, -0.05) is 6.07 Å². The van der Waals surface area contributed by atoms with Crippen LogP contribution in [0.2, 0.25) is 0 Å². The highest BCUT2D eigenvalue weighted by atomic mass is 19.3. The maximum Gasteiger partial charge on any atom is 0.387 e. The molecule has 2 rings (SSSR count). The Hall–Kier alpha value is -1.27. The minimum absolute atomic E-state index is 0.282. The molecule has 3 nitrogen and oxygen atoms in total. The molecule has 1 fully saturated rings. The summed E-state index contributed by atoms with van der Waals surface area (Å²) in [4.78, 5) is 2.19. The van der Waals surface area contributed by atoms with E-state index < -0.39 is 18.2 Å². The molecule has 0 spiro atoms. The van der Waals surface area contributed by atoms with E-state index in [4.69, 9.17) is 0 Å². The molecular weight excluding hydrogens is 283 g/mol. The monoisotopic (exact) mass is 303 g/mol. The highest BCUT2D eigenvalue weighted by Crippen LogP contribution is 2.26. The van der Waals surface area contributed by atoms with Gasteiger partial charge in [-0.15, -0.1) is 0 Å². The van der Waals surface area contributed by atoms with Crippen LogP contribution in [-0.2, 0) is 6.54 Å². The lowest BCUT2D eigenvalue weighted by atomic mass is 10.1. The first-order chi connectivity index (χ1) is 9.95. The molecule has 118 valence electrons. The number of likely N-dealkylation sites (tertiary alicyclic amines) is 1. The average Bonchev–Trinajstić information content (AvgIpc) is 2.79. The zero-order chi connectivity index (χ0) is 15.4. The number of hydrogen-bond donors (Lipinski definition) is 1. The molecule has 0 saturated carbocycles. The van der Waals surface area contributed by atoms with E-state index in [0.717, 1.165) is 19.4 Å². The lowest BCUT2D eigenvalue weighted by molar-refractivity contribution is -0.0522. The molecule has 1 aliphatic rings. The third-order valence-electron chi connectivity index (χ3n) is 3.71. The number of aliphatic hydroxyl groups excluding tert-OH is 1. The van der Waals surface area contributed by atoms with Crippen molar-refractivity contribution < 1.29 is 23.0 Å². The van der Waals surface area contributed by atoms with Gasteiger partial charge in [0.1, 0.15) is 0 Å². The van der Waals surface area contributed by atoms with Crippen molar-refractivity contribution >= 4 is 0 Å². The maximum absolute atomic E-state index is 13.7. The minimum Gasteiger partial charge on any atom is -0.432 e. The van der Waals surface area contributed by atoms with Crippen LogP contribution in [0.5, 0.6) is 5.75 Å². The summed E-state index contributed by atoms with van der Waals surface area (Å²) in [6.07, 6.45) is 2.38. The van der Waals surface area contributed by atoms with Gasteiger partial charge in [0.2, 0.25) is 0 Å². The van der Waals surface area contributed by atoms with Gasteiger partial charge in [0.15, 0.2) is 11.6 Å². The Morgan fingerprint density at radius 3 is 2.81 bits per heavy atom. The van der Waals surface area contributed by atoms with Crippen LogP contribution >= 0.6 is 0 Å². The summed E-state index contributed by atoms with van der Waals surface area (Å²) in [6.45, 7) is 0.170. The fourth-order valence-corrected chi connectivity index (χ4v) is 2.83. The molecule has 1 aliphatic heterocycles. The molecule has 1 aromatic rings. The second-order valence-electron chi connectivity index (χ2n) is 5.49. The number of nitrogens with zero attached hydrogens (tertiary/aromatic N) is 1. The Morgan fingerprint density at radius 2 is 2.19 bits per heavy atom. The first kappa shape index (κ1) is 16.1. The largest absolute Gasteiger partial charge is 0.432 e. The van der Waals surface area contributed by atoms with Crippen molar-refractivity contribution in [3.63, 3.8) is 0 Å². The fourth-order valence-electron chi connectivity index (χ4n) is 2.83. The molecule has 0 aromatic heterocycles. The number of aliphatic hydroxyl groups is 1. The van der Waals surface area contributed by atoms with E-state index >= 15 is 0 Å². The Morgan fingerprint density at radius 1 is 1.43 bits per heavy atom. The molecule has 0 bridgehead atoms. The van der Waals surface area contributed by atoms with Gasteiger partial charge in [-0.3, -0.25) is 4.90 Å². The van der Waals surface area contributed by atoms with Gasteiger partial charge in [-0.2, -0.15) is 8.78 Å². The quantitative estimate of drug-likeness (QED) is 0.876. The lowest BCUT2D eigenvalue weighted by Gasteiger charge is -2.25. The molecule has 1 heterocycles. The average molecular weight is 303 g/mol. The van der Waals surface area contributed by atoms with E-state index in [-0.39, 0.29) is 12.1 Å². The Bertz CT molecular complexity index is 468. The van der Waals surface area contributed by atoms with Gasteiger partial charge in [-0.05, 0) is 50.4 Å². The lowest BCUT2D eigenvalue weighted by Crippen LogP contribution is -2.31. The maximum atomic E-state index is 13.7. The first-order valence-corrected chi connectivity index (χ1v) is 7.11. The van der Waals surface area contributed by atoms with Crippen molar-refractivity contribution in [3.8, 4) is 5.75 Å². The molecule has 1 aromatic carbocycles. The van der Waals surface area contributed by atoms with Crippen LogP contribution in [0.4, 0.5) is 13.2 Å². The summed E-state index contributed by atoms with van der Waals surface area (Å²) >= 11 is 0. The second kappa shape index (κ2) is 7.13. The summed E-state index contributed by atoms with van der Waals surface area (Å²) in [6, 6.07) is 4.34. The van der Waals surface area contributed by atoms with Crippen LogP contribution in [0.3, 0.4) is 0 Å². The molecule has 0 aliphatic carbocycles. The second-order valence-corrected chi connectivity index (χ2v) is 5.49. The number of halogens is 3. The number of rotatable bonds is 6. The van der Waals surface area contributed by atoms with E-state index in [1.807, 2.05) is 0 Å². The van der Waals surface area contributed by atoms with Gasteiger partial charge in [-0.25, -0.2) is 4.39 Å². The smallest absolute Gasteiger partial charge is 0.387 e. The molecule has 0 radical (unpaired) electrons. The third-order valence-corrected chi connectivity index (χ3v) is 3.71. The Labute approximate surface area is 122 Å². The standard InChI is InChI=1S/C15H20F3NO2/c1-10(20)7-12-3-2-6-19(12)9-11-4-5-14(13(16)8-11)21-15(17)18/h4-5,8,10,12,15,20H,2-3,6-7,9H2,1H3. The topological polar surface area (TPSA) is 32.7 Å². The summed E-state index contributed by atoms with van der Waals surface area (Å²) in [5, 5.41) is 9.49. The number of ether oxygens (including phenoxy) is 1. The molecular formula is C15H20F3NO2. The van der Waals surface area contributed by atoms with Crippen molar-refractivity contribution in [2.24, 2.45) is 0 Å². The van der Waals surface area contributed by atoms with Crippen molar-refractivity contribution in [1.82, 2.24) is 4.90 Å². The van der Waals surface area contributed by atoms with Gasteiger partial charge < -0.3 is 9.84 Å². The van der Waals surface area contributed by atoms with E-state index in [1.165, 1.54) is 12.1 Å². The summed E-state index contributed by atoms with van der Waals surface area (Å²) in [7, 11) is 0. The minimum atomic E-state index is -3.03. The van der Waals surface area contributed by atoms with Crippen molar-refractivity contribution in [2.75, 3.05) is 6.54 Å². The molecule has 21 heavy (non-hydrogen) atoms. The first-order valence-electron chi connectivity index (χ1n) is 7.11. The fraction of sp³-hybridized carbons (Fsp3) is 0.600. The molecule has 2 atom stereocenters. The number of hydrogen-bond acceptors (Lipinski definition) is 3. The van der Waals surface area contributed by atoms with Crippen LogP contribution in [0.15, 0.2) is 18.2 Å². The van der Waals surface area contributed by atoms with Crippen LogP contribution in [0.25, 0.3) is 0 Å². The van der Waals surface area contributed by atoms with Crippen molar-refractivity contribution in [1.29, 1.82) is 0 Å². The molecule has 1 N–H and O–H groups in total. The van der Waals surface area contributed by atoms with Crippen LogP contribution < -0.4 is 4.74 Å². The van der Waals surface area contributed by atoms with Gasteiger partial charge in [0.05, 0.1) is 6.10 Å². The van der Waals surface area contributed by atoms with Crippen LogP contribution in [-0.4, -0.2) is 35.3 Å². The normalized spacial score (nSPS) is 21.0. The Balaban J connectivity index is 2.00. The van der Waals surface area contributed by atoms with E-state index in [9.17, 15) is 18.3 Å². The van der Waals surface area contributed by atoms with Crippen LogP contribution in [0, 0.1) is 5.82 Å². The van der Waals surface area contributed by atoms with E-state index in [0.29, 0.717) is 18.5 Å². The van der Waals surface area contributed by atoms with Crippen LogP contribution in [0.1, 0.15) is 31.7 Å². The van der Waals surface area contributed by atoms with E-state index in [2.05, 4.69) is 9.64 Å². The summed E-state index contributed by atoms with van der Waals surface area (Å²) in [5.74, 6) is -1.21. The van der Waals surface area contributed by atoms with Gasteiger partial charge in [0.25, 0.3) is 0 Å². The van der Waals surface area contributed by atoms with Gasteiger partial charge in [0, 0.05) is 12.6 Å². The zero-order valence-corrected chi connectivity index (χ0v) is 11.9. The predicted octanol–water partition coefficient (Wildman–Crippen LogP) is 3.16. The van der Waals surface area contributed by atoms with E-state index in [1.54, 1.807) is 13.0 Å². The van der Waals surface area contributed by atoms with Crippen molar-refractivity contribution in [3.05, 3.63) is 29.6 Å². The van der Waals surface area contributed by atoms with Gasteiger partial charge >= 0.3 is 6.61 Å².